The van der Waals surface area contributed by atoms with Crippen LogP contribution in [0.2, 0.25) is 0 Å². The average Bonchev–Trinajstić information content (AvgIpc) is 3.06. The normalized spacial score (nSPS) is 11.7. The number of esters is 1. The predicted octanol–water partition coefficient (Wildman–Crippen LogP) is 0.0857. The van der Waals surface area contributed by atoms with Gasteiger partial charge in [-0.2, -0.15) is 5.21 Å². The second kappa shape index (κ2) is 7.27. The number of amides is 1. The molecule has 116 valence electrons. The van der Waals surface area contributed by atoms with Crippen LogP contribution in [0.15, 0.2) is 24.3 Å². The highest BCUT2D eigenvalue weighted by atomic mass is 16.5. The Hall–Kier alpha value is -2.81. The Bertz CT molecular complexity index is 643. The Balaban J connectivity index is 1.92. The number of carbonyl (C=O) groups is 2. The van der Waals surface area contributed by atoms with Gasteiger partial charge in [-0.25, -0.2) is 0 Å². The summed E-state index contributed by atoms with van der Waals surface area (Å²) in [5.41, 5.74) is 6.89. The number of H-pyrrole nitrogens is 1. The summed E-state index contributed by atoms with van der Waals surface area (Å²) in [5.74, 6) is -0.347. The lowest BCUT2D eigenvalue weighted by molar-refractivity contribution is -0.142. The molecule has 0 radical (unpaired) electrons. The van der Waals surface area contributed by atoms with Gasteiger partial charge >= 0.3 is 5.97 Å². The van der Waals surface area contributed by atoms with Crippen molar-refractivity contribution in [1.82, 2.24) is 20.6 Å². The van der Waals surface area contributed by atoms with Gasteiger partial charge in [0.05, 0.1) is 7.11 Å². The second-order valence-corrected chi connectivity index (χ2v) is 4.53. The number of hydrogen-bond donors (Lipinski definition) is 3. The van der Waals surface area contributed by atoms with Crippen molar-refractivity contribution in [3.8, 4) is 11.4 Å². The number of methoxy groups -OCH3 is 1. The molecule has 1 aromatic carbocycles. The summed E-state index contributed by atoms with van der Waals surface area (Å²) in [5, 5.41) is 16.3. The molecule has 4 N–H and O–H groups in total. The summed E-state index contributed by atoms with van der Waals surface area (Å²) >= 11 is 0. The van der Waals surface area contributed by atoms with Crippen molar-refractivity contribution >= 4 is 17.6 Å². The van der Waals surface area contributed by atoms with Gasteiger partial charge in [-0.1, -0.05) is 12.1 Å². The lowest BCUT2D eigenvalue weighted by atomic mass is 10.1. The maximum Gasteiger partial charge on any atom is 0.322 e. The first-order chi connectivity index (χ1) is 10.6. The summed E-state index contributed by atoms with van der Waals surface area (Å²) in [6, 6.07) is 6.22. The topological polar surface area (TPSA) is 136 Å². The average molecular weight is 304 g/mol. The SMILES string of the molecule is COC(=O)[C@@H](N)CCC(=O)Nc1cccc(-c2nn[nH]n2)c1. The number of nitrogens with zero attached hydrogens (tertiary/aromatic N) is 3. The minimum Gasteiger partial charge on any atom is -0.468 e. The molecular weight excluding hydrogens is 288 g/mol. The molecule has 0 saturated heterocycles. The van der Waals surface area contributed by atoms with Crippen molar-refractivity contribution in [3.63, 3.8) is 0 Å². The van der Waals surface area contributed by atoms with Crippen LogP contribution in [0.1, 0.15) is 12.8 Å². The number of rotatable bonds is 6. The highest BCUT2D eigenvalue weighted by molar-refractivity contribution is 5.91. The summed E-state index contributed by atoms with van der Waals surface area (Å²) in [7, 11) is 1.26. The number of tetrazole rings is 1. The van der Waals surface area contributed by atoms with Gasteiger partial charge in [-0.05, 0) is 23.8 Å². The van der Waals surface area contributed by atoms with E-state index in [1.54, 1.807) is 24.3 Å². The van der Waals surface area contributed by atoms with Crippen LogP contribution in [0.25, 0.3) is 11.4 Å². The molecule has 0 aliphatic carbocycles. The molecule has 0 bridgehead atoms. The van der Waals surface area contributed by atoms with E-state index in [0.717, 1.165) is 5.56 Å². The Morgan fingerprint density at radius 1 is 1.45 bits per heavy atom. The first kappa shape index (κ1) is 15.6. The number of nitrogens with one attached hydrogen (secondary N) is 2. The summed E-state index contributed by atoms with van der Waals surface area (Å²) in [6.45, 7) is 0. The van der Waals surface area contributed by atoms with E-state index >= 15 is 0 Å². The van der Waals surface area contributed by atoms with Gasteiger partial charge in [-0.3, -0.25) is 9.59 Å². The van der Waals surface area contributed by atoms with Gasteiger partial charge < -0.3 is 15.8 Å². The molecule has 2 aromatic rings. The van der Waals surface area contributed by atoms with E-state index in [1.807, 2.05) is 0 Å². The van der Waals surface area contributed by atoms with Gasteiger partial charge in [-0.15, -0.1) is 10.2 Å². The van der Waals surface area contributed by atoms with Crippen LogP contribution in [-0.4, -0.2) is 45.7 Å². The summed E-state index contributed by atoms with van der Waals surface area (Å²) in [6.07, 6.45) is 0.325. The van der Waals surface area contributed by atoms with Crippen molar-refractivity contribution in [2.75, 3.05) is 12.4 Å². The van der Waals surface area contributed by atoms with Crippen LogP contribution >= 0.6 is 0 Å². The fourth-order valence-electron chi connectivity index (χ4n) is 1.80. The molecule has 0 aliphatic rings. The molecule has 1 amide bonds. The predicted molar refractivity (Wildman–Crippen MR) is 77.5 cm³/mol. The molecule has 1 aromatic heterocycles. The van der Waals surface area contributed by atoms with Crippen LogP contribution in [0.4, 0.5) is 5.69 Å². The van der Waals surface area contributed by atoms with Crippen molar-refractivity contribution < 1.29 is 14.3 Å². The number of aromatic amines is 1. The van der Waals surface area contributed by atoms with E-state index in [2.05, 4.69) is 30.7 Å². The third-order valence-corrected chi connectivity index (χ3v) is 2.94. The third kappa shape index (κ3) is 4.09. The van der Waals surface area contributed by atoms with E-state index in [1.165, 1.54) is 7.11 Å². The Morgan fingerprint density at radius 3 is 2.95 bits per heavy atom. The Labute approximate surface area is 126 Å². The molecule has 0 unspecified atom stereocenters. The van der Waals surface area contributed by atoms with Gasteiger partial charge in [0, 0.05) is 17.7 Å². The second-order valence-electron chi connectivity index (χ2n) is 4.53. The zero-order valence-corrected chi connectivity index (χ0v) is 11.9. The fraction of sp³-hybridized carbons (Fsp3) is 0.308. The maximum absolute atomic E-state index is 11.9. The largest absolute Gasteiger partial charge is 0.468 e. The lowest BCUT2D eigenvalue weighted by Crippen LogP contribution is -2.32. The summed E-state index contributed by atoms with van der Waals surface area (Å²) in [4.78, 5) is 23.0. The molecule has 9 heteroatoms. The zero-order valence-electron chi connectivity index (χ0n) is 11.9. The highest BCUT2D eigenvalue weighted by Crippen LogP contribution is 2.18. The number of nitrogens with two attached hydrogens (primary N) is 1. The van der Waals surface area contributed by atoms with Gasteiger partial charge in [0.15, 0.2) is 0 Å². The van der Waals surface area contributed by atoms with Crippen molar-refractivity contribution in [2.45, 2.75) is 18.9 Å². The summed E-state index contributed by atoms with van der Waals surface area (Å²) < 4.78 is 4.50. The van der Waals surface area contributed by atoms with Crippen molar-refractivity contribution in [1.29, 1.82) is 0 Å². The molecule has 2 rings (SSSR count). The molecular formula is C13H16N6O3. The fourth-order valence-corrected chi connectivity index (χ4v) is 1.80. The molecule has 0 fully saturated rings. The minimum absolute atomic E-state index is 0.114. The minimum atomic E-state index is -0.804. The monoisotopic (exact) mass is 304 g/mol. The smallest absolute Gasteiger partial charge is 0.322 e. The van der Waals surface area contributed by atoms with Gasteiger partial charge in [0.25, 0.3) is 0 Å². The first-order valence-corrected chi connectivity index (χ1v) is 6.57. The van der Waals surface area contributed by atoms with E-state index in [9.17, 15) is 9.59 Å². The Morgan fingerprint density at radius 2 is 2.27 bits per heavy atom. The Kier molecular flexibility index (Phi) is 5.15. The van der Waals surface area contributed by atoms with E-state index < -0.39 is 12.0 Å². The molecule has 1 heterocycles. The molecule has 0 saturated carbocycles. The van der Waals surface area contributed by atoms with Gasteiger partial charge in [0.1, 0.15) is 6.04 Å². The maximum atomic E-state index is 11.9. The van der Waals surface area contributed by atoms with Gasteiger partial charge in [0.2, 0.25) is 11.7 Å². The quantitative estimate of drug-likeness (QED) is 0.643. The molecule has 9 nitrogen and oxygen atoms in total. The number of hydrogen-bond acceptors (Lipinski definition) is 7. The number of carbonyl (C=O) groups excluding carboxylic acids is 2. The number of anilines is 1. The molecule has 0 aliphatic heterocycles. The van der Waals surface area contributed by atoms with Crippen molar-refractivity contribution in [2.24, 2.45) is 5.73 Å². The number of benzene rings is 1. The number of aromatic nitrogens is 4. The molecule has 1 atom stereocenters. The number of ether oxygens (including phenoxy) is 1. The van der Waals surface area contributed by atoms with E-state index in [-0.39, 0.29) is 18.7 Å². The van der Waals surface area contributed by atoms with Crippen LogP contribution in [0.3, 0.4) is 0 Å². The van der Waals surface area contributed by atoms with Crippen LogP contribution in [0.5, 0.6) is 0 Å². The lowest BCUT2D eigenvalue weighted by Gasteiger charge is -2.09. The highest BCUT2D eigenvalue weighted by Gasteiger charge is 2.15. The van der Waals surface area contributed by atoms with Crippen molar-refractivity contribution in [3.05, 3.63) is 24.3 Å². The van der Waals surface area contributed by atoms with E-state index in [0.29, 0.717) is 11.5 Å². The van der Waals surface area contributed by atoms with Crippen LogP contribution < -0.4 is 11.1 Å². The van der Waals surface area contributed by atoms with E-state index in [4.69, 9.17) is 5.73 Å². The standard InChI is InChI=1S/C13H16N6O3/c1-22-13(21)10(14)5-6-11(20)15-9-4-2-3-8(7-9)12-16-18-19-17-12/h2-4,7,10H,5-6,14H2,1H3,(H,15,20)(H,16,17,18,19)/t10-/m0/s1. The molecule has 22 heavy (non-hydrogen) atoms. The molecule has 0 spiro atoms. The van der Waals surface area contributed by atoms with Crippen LogP contribution in [-0.2, 0) is 14.3 Å². The zero-order chi connectivity index (χ0) is 15.9. The van der Waals surface area contributed by atoms with Crippen LogP contribution in [0, 0.1) is 0 Å². The first-order valence-electron chi connectivity index (χ1n) is 6.57. The third-order valence-electron chi connectivity index (χ3n) is 2.94.